The van der Waals surface area contributed by atoms with Gasteiger partial charge in [-0.15, -0.1) is 0 Å². The summed E-state index contributed by atoms with van der Waals surface area (Å²) in [7, 11) is 0. The minimum absolute atomic E-state index is 0.128. The fraction of sp³-hybridized carbons (Fsp3) is 0.467. The minimum Gasteiger partial charge on any atom is -0.492 e. The Morgan fingerprint density at radius 1 is 1.17 bits per heavy atom. The van der Waals surface area contributed by atoms with Gasteiger partial charge in [-0.3, -0.25) is 5.84 Å². The highest BCUT2D eigenvalue weighted by Crippen LogP contribution is 2.20. The van der Waals surface area contributed by atoms with Crippen molar-refractivity contribution in [2.75, 3.05) is 6.61 Å². The van der Waals surface area contributed by atoms with Crippen molar-refractivity contribution >= 4 is 0 Å². The molecule has 0 saturated carbocycles. The first-order valence-electron chi connectivity index (χ1n) is 6.73. The van der Waals surface area contributed by atoms with Gasteiger partial charge in [0.05, 0.1) is 6.04 Å². The molecule has 0 radical (unpaired) electrons. The first-order chi connectivity index (χ1) is 8.90. The third kappa shape index (κ3) is 3.86. The molecule has 1 aliphatic rings. The van der Waals surface area contributed by atoms with Gasteiger partial charge in [0.15, 0.2) is 0 Å². The molecule has 3 N–H and O–H groups in total. The largest absolute Gasteiger partial charge is 0.492 e. The van der Waals surface area contributed by atoms with Crippen LogP contribution >= 0.6 is 0 Å². The monoisotopic (exact) mass is 246 g/mol. The number of allylic oxidation sites excluding steroid dienone is 1. The lowest BCUT2D eigenvalue weighted by Gasteiger charge is -2.19. The third-order valence-corrected chi connectivity index (χ3v) is 3.38. The second kappa shape index (κ2) is 7.19. The van der Waals surface area contributed by atoms with E-state index in [1.807, 2.05) is 30.3 Å². The van der Waals surface area contributed by atoms with Crippen molar-refractivity contribution < 1.29 is 4.74 Å². The van der Waals surface area contributed by atoms with Gasteiger partial charge in [-0.05, 0) is 37.8 Å². The molecular weight excluding hydrogens is 224 g/mol. The van der Waals surface area contributed by atoms with Crippen LogP contribution in [0.5, 0.6) is 5.75 Å². The van der Waals surface area contributed by atoms with E-state index in [2.05, 4.69) is 11.5 Å². The number of hydrogen-bond acceptors (Lipinski definition) is 3. The fourth-order valence-corrected chi connectivity index (χ4v) is 2.31. The van der Waals surface area contributed by atoms with Gasteiger partial charge in [0.1, 0.15) is 12.4 Å². The maximum Gasteiger partial charge on any atom is 0.119 e. The van der Waals surface area contributed by atoms with E-state index in [0.717, 1.165) is 12.2 Å². The van der Waals surface area contributed by atoms with Crippen LogP contribution in [-0.2, 0) is 0 Å². The minimum atomic E-state index is 0.128. The van der Waals surface area contributed by atoms with Crippen LogP contribution in [0.2, 0.25) is 0 Å². The predicted molar refractivity (Wildman–Crippen MR) is 74.2 cm³/mol. The molecule has 0 saturated heterocycles. The highest BCUT2D eigenvalue weighted by atomic mass is 16.5. The molecule has 1 aliphatic carbocycles. The van der Waals surface area contributed by atoms with Gasteiger partial charge in [-0.1, -0.05) is 36.3 Å². The topological polar surface area (TPSA) is 47.3 Å². The summed E-state index contributed by atoms with van der Waals surface area (Å²) in [5.74, 6) is 6.54. The first-order valence-corrected chi connectivity index (χ1v) is 6.73. The summed E-state index contributed by atoms with van der Waals surface area (Å²) in [6.07, 6.45) is 8.49. The molecule has 0 fully saturated rings. The zero-order valence-electron chi connectivity index (χ0n) is 10.8. The summed E-state index contributed by atoms with van der Waals surface area (Å²) >= 11 is 0. The maximum atomic E-state index is 5.77. The van der Waals surface area contributed by atoms with Crippen molar-refractivity contribution in [2.24, 2.45) is 5.84 Å². The van der Waals surface area contributed by atoms with Gasteiger partial charge in [0, 0.05) is 0 Å². The molecule has 3 heteroatoms. The van der Waals surface area contributed by atoms with E-state index in [1.54, 1.807) is 0 Å². The second-order valence-corrected chi connectivity index (χ2v) is 4.72. The number of hydrogen-bond donors (Lipinski definition) is 2. The first kappa shape index (κ1) is 13.1. The summed E-state index contributed by atoms with van der Waals surface area (Å²) in [5, 5.41) is 0. The van der Waals surface area contributed by atoms with Crippen LogP contribution < -0.4 is 16.0 Å². The van der Waals surface area contributed by atoms with E-state index < -0.39 is 0 Å². The SMILES string of the molecule is NNC(COc1ccccc1)C1=CCCCCC1. The number of nitrogens with two attached hydrogens (primary N) is 1. The quantitative estimate of drug-likeness (QED) is 0.477. The Hall–Kier alpha value is -1.32. The Morgan fingerprint density at radius 2 is 2.00 bits per heavy atom. The number of hydrazine groups is 1. The molecule has 0 heterocycles. The van der Waals surface area contributed by atoms with Crippen LogP contribution in [0.25, 0.3) is 0 Å². The van der Waals surface area contributed by atoms with Crippen molar-refractivity contribution in [3.8, 4) is 5.75 Å². The van der Waals surface area contributed by atoms with E-state index >= 15 is 0 Å². The normalized spacial score (nSPS) is 17.7. The van der Waals surface area contributed by atoms with E-state index in [1.165, 1.54) is 31.3 Å². The van der Waals surface area contributed by atoms with Crippen molar-refractivity contribution in [3.63, 3.8) is 0 Å². The molecule has 0 amide bonds. The lowest BCUT2D eigenvalue weighted by atomic mass is 10.0. The Bertz CT molecular complexity index is 375. The molecule has 0 aliphatic heterocycles. The van der Waals surface area contributed by atoms with Crippen LogP contribution in [0.4, 0.5) is 0 Å². The molecule has 2 rings (SSSR count). The zero-order chi connectivity index (χ0) is 12.6. The van der Waals surface area contributed by atoms with Crippen LogP contribution in [0.1, 0.15) is 32.1 Å². The molecule has 0 spiro atoms. The number of para-hydroxylation sites is 1. The summed E-state index contributed by atoms with van der Waals surface area (Å²) < 4.78 is 5.77. The van der Waals surface area contributed by atoms with Crippen LogP contribution in [0, 0.1) is 0 Å². The fourth-order valence-electron chi connectivity index (χ4n) is 2.31. The van der Waals surface area contributed by atoms with Crippen molar-refractivity contribution in [3.05, 3.63) is 42.0 Å². The van der Waals surface area contributed by atoms with Gasteiger partial charge >= 0.3 is 0 Å². The van der Waals surface area contributed by atoms with Gasteiger partial charge in [0.2, 0.25) is 0 Å². The zero-order valence-corrected chi connectivity index (χ0v) is 10.8. The average molecular weight is 246 g/mol. The lowest BCUT2D eigenvalue weighted by molar-refractivity contribution is 0.279. The molecule has 3 nitrogen and oxygen atoms in total. The molecule has 1 aromatic rings. The third-order valence-electron chi connectivity index (χ3n) is 3.38. The molecule has 1 atom stereocenters. The molecule has 98 valence electrons. The van der Waals surface area contributed by atoms with Crippen molar-refractivity contribution in [1.82, 2.24) is 5.43 Å². The van der Waals surface area contributed by atoms with Gasteiger partial charge in [-0.25, -0.2) is 5.43 Å². The summed E-state index contributed by atoms with van der Waals surface area (Å²) in [4.78, 5) is 0. The van der Waals surface area contributed by atoms with Crippen LogP contribution in [0.3, 0.4) is 0 Å². The standard InChI is InChI=1S/C15H22N2O/c16-17-15(13-8-4-1-2-5-9-13)12-18-14-10-6-3-7-11-14/h3,6-8,10-11,15,17H,1-2,4-5,9,12,16H2. The number of nitrogens with one attached hydrogen (secondary N) is 1. The van der Waals surface area contributed by atoms with E-state index in [9.17, 15) is 0 Å². The second-order valence-electron chi connectivity index (χ2n) is 4.72. The van der Waals surface area contributed by atoms with Gasteiger partial charge in [0.25, 0.3) is 0 Å². The number of benzene rings is 1. The van der Waals surface area contributed by atoms with Crippen LogP contribution in [0.15, 0.2) is 42.0 Å². The maximum absolute atomic E-state index is 5.77. The van der Waals surface area contributed by atoms with Crippen molar-refractivity contribution in [2.45, 2.75) is 38.1 Å². The molecule has 18 heavy (non-hydrogen) atoms. The molecule has 1 unspecified atom stereocenters. The van der Waals surface area contributed by atoms with Crippen LogP contribution in [-0.4, -0.2) is 12.6 Å². The Balaban J connectivity index is 1.90. The number of rotatable bonds is 5. The number of ether oxygens (including phenoxy) is 1. The molecule has 0 bridgehead atoms. The highest BCUT2D eigenvalue weighted by Gasteiger charge is 2.14. The summed E-state index contributed by atoms with van der Waals surface area (Å²) in [6, 6.07) is 10.0. The smallest absolute Gasteiger partial charge is 0.119 e. The summed E-state index contributed by atoms with van der Waals surface area (Å²) in [5.41, 5.74) is 4.27. The molecular formula is C15H22N2O. The van der Waals surface area contributed by atoms with Gasteiger partial charge in [-0.2, -0.15) is 0 Å². The molecule has 1 aromatic carbocycles. The van der Waals surface area contributed by atoms with E-state index in [4.69, 9.17) is 10.6 Å². The Kier molecular flexibility index (Phi) is 5.24. The highest BCUT2D eigenvalue weighted by molar-refractivity contribution is 5.21. The van der Waals surface area contributed by atoms with E-state index in [0.29, 0.717) is 6.61 Å². The average Bonchev–Trinajstić information content (AvgIpc) is 2.70. The Morgan fingerprint density at radius 3 is 2.78 bits per heavy atom. The van der Waals surface area contributed by atoms with Crippen molar-refractivity contribution in [1.29, 1.82) is 0 Å². The summed E-state index contributed by atoms with van der Waals surface area (Å²) in [6.45, 7) is 0.590. The Labute approximate surface area is 109 Å². The lowest BCUT2D eigenvalue weighted by Crippen LogP contribution is -2.41. The molecule has 0 aromatic heterocycles. The van der Waals surface area contributed by atoms with Gasteiger partial charge < -0.3 is 4.74 Å². The van der Waals surface area contributed by atoms with E-state index in [-0.39, 0.29) is 6.04 Å². The predicted octanol–water partition coefficient (Wildman–Crippen LogP) is 2.79.